The van der Waals surface area contributed by atoms with Crippen molar-refractivity contribution in [3.05, 3.63) is 63.4 Å². The molecule has 2 amide bonds. The van der Waals surface area contributed by atoms with Crippen LogP contribution < -0.4 is 5.32 Å². The number of hydrogen-bond donors (Lipinski definition) is 2. The van der Waals surface area contributed by atoms with Crippen molar-refractivity contribution < 1.29 is 27.9 Å². The monoisotopic (exact) mass is 454 g/mol. The number of likely N-dealkylation sites (tertiary alicyclic amines) is 1. The molecule has 0 bridgehead atoms. The molecule has 2 aromatic carbocycles. The minimum Gasteiger partial charge on any atom is -0.393 e. The van der Waals surface area contributed by atoms with Crippen molar-refractivity contribution >= 4 is 29.1 Å². The standard InChI is InChI=1S/C22H22ClF3N2O3/c1-12-10-18(23)17(22(25,26)21(31)28-7-5-15(29)6-8-28)11-16(12)20(30)27-14-3-4-19(24)13(2)9-14/h3-4,9-11,15,29H,5-8H2,1-2H3,(H,27,30). The van der Waals surface area contributed by atoms with Gasteiger partial charge < -0.3 is 15.3 Å². The number of piperidine rings is 1. The molecule has 0 aromatic heterocycles. The Bertz CT molecular complexity index is 1020. The number of carbonyl (C=O) groups excluding carboxylic acids is 2. The van der Waals surface area contributed by atoms with Gasteiger partial charge in [0.2, 0.25) is 0 Å². The normalized spacial score (nSPS) is 15.1. The van der Waals surface area contributed by atoms with Crippen molar-refractivity contribution in [3.8, 4) is 0 Å². The quantitative estimate of drug-likeness (QED) is 0.718. The van der Waals surface area contributed by atoms with Gasteiger partial charge in [-0.05, 0) is 68.1 Å². The summed E-state index contributed by atoms with van der Waals surface area (Å²) in [6.07, 6.45) is -0.186. The average Bonchev–Trinajstić information content (AvgIpc) is 2.70. The molecule has 9 heteroatoms. The van der Waals surface area contributed by atoms with Gasteiger partial charge in [0, 0.05) is 24.3 Å². The van der Waals surface area contributed by atoms with E-state index in [2.05, 4.69) is 5.32 Å². The fourth-order valence-corrected chi connectivity index (χ4v) is 3.80. The molecule has 1 fully saturated rings. The average molecular weight is 455 g/mol. The minimum atomic E-state index is -3.95. The number of carbonyl (C=O) groups is 2. The fourth-order valence-electron chi connectivity index (χ4n) is 3.46. The van der Waals surface area contributed by atoms with Crippen LogP contribution in [0.15, 0.2) is 30.3 Å². The van der Waals surface area contributed by atoms with E-state index in [0.717, 1.165) is 11.0 Å². The van der Waals surface area contributed by atoms with Crippen LogP contribution in [0.25, 0.3) is 0 Å². The largest absolute Gasteiger partial charge is 0.393 e. The topological polar surface area (TPSA) is 69.6 Å². The maximum atomic E-state index is 15.1. The number of rotatable bonds is 4. The van der Waals surface area contributed by atoms with Gasteiger partial charge in [0.15, 0.2) is 0 Å². The SMILES string of the molecule is Cc1cc(NC(=O)c2cc(C(F)(F)C(=O)N3CCC(O)CC3)c(Cl)cc2C)ccc1F. The molecule has 2 N–H and O–H groups in total. The van der Waals surface area contributed by atoms with Crippen LogP contribution in [-0.2, 0) is 10.7 Å². The first kappa shape index (κ1) is 23.1. The lowest BCUT2D eigenvalue weighted by Crippen LogP contribution is -2.47. The van der Waals surface area contributed by atoms with Gasteiger partial charge in [-0.1, -0.05) is 11.6 Å². The molecule has 2 aromatic rings. The van der Waals surface area contributed by atoms with Gasteiger partial charge >= 0.3 is 5.92 Å². The molecule has 0 atom stereocenters. The molecule has 5 nitrogen and oxygen atoms in total. The number of amides is 2. The molecule has 0 spiro atoms. The van der Waals surface area contributed by atoms with Crippen molar-refractivity contribution in [1.29, 1.82) is 0 Å². The van der Waals surface area contributed by atoms with E-state index in [9.17, 15) is 19.1 Å². The summed E-state index contributed by atoms with van der Waals surface area (Å²) >= 11 is 6.03. The zero-order valence-corrected chi connectivity index (χ0v) is 17.8. The van der Waals surface area contributed by atoms with E-state index in [1.807, 2.05) is 0 Å². The molecule has 1 aliphatic heterocycles. The van der Waals surface area contributed by atoms with Crippen LogP contribution in [0, 0.1) is 19.7 Å². The van der Waals surface area contributed by atoms with E-state index in [0.29, 0.717) is 16.8 Å². The lowest BCUT2D eigenvalue weighted by Gasteiger charge is -2.32. The van der Waals surface area contributed by atoms with E-state index < -0.39 is 35.2 Å². The predicted molar refractivity (Wildman–Crippen MR) is 111 cm³/mol. The summed E-state index contributed by atoms with van der Waals surface area (Å²) in [5.74, 6) is -6.50. The first-order chi connectivity index (χ1) is 14.5. The first-order valence-electron chi connectivity index (χ1n) is 9.74. The Morgan fingerprint density at radius 2 is 1.77 bits per heavy atom. The van der Waals surface area contributed by atoms with Gasteiger partial charge in [-0.3, -0.25) is 9.59 Å². The highest BCUT2D eigenvalue weighted by atomic mass is 35.5. The second kappa shape index (κ2) is 8.88. The van der Waals surface area contributed by atoms with Crippen molar-refractivity contribution in [2.75, 3.05) is 18.4 Å². The summed E-state index contributed by atoms with van der Waals surface area (Å²) in [4.78, 5) is 26.2. The molecule has 0 aliphatic carbocycles. The molecule has 1 aliphatic rings. The van der Waals surface area contributed by atoms with Gasteiger partial charge in [-0.15, -0.1) is 0 Å². The first-order valence-corrected chi connectivity index (χ1v) is 10.1. The van der Waals surface area contributed by atoms with Crippen LogP contribution in [0.3, 0.4) is 0 Å². The van der Waals surface area contributed by atoms with Crippen LogP contribution in [0.2, 0.25) is 5.02 Å². The summed E-state index contributed by atoms with van der Waals surface area (Å²) in [6.45, 7) is 3.08. The Morgan fingerprint density at radius 3 is 2.39 bits per heavy atom. The van der Waals surface area contributed by atoms with Gasteiger partial charge in [-0.25, -0.2) is 4.39 Å². The summed E-state index contributed by atoms with van der Waals surface area (Å²) in [7, 11) is 0. The number of aryl methyl sites for hydroxylation is 2. The van der Waals surface area contributed by atoms with Crippen LogP contribution in [0.5, 0.6) is 0 Å². The number of aliphatic hydroxyl groups is 1. The Labute approximate surface area is 182 Å². The van der Waals surface area contributed by atoms with Crippen LogP contribution in [-0.4, -0.2) is 41.0 Å². The summed E-state index contributed by atoms with van der Waals surface area (Å²) in [5, 5.41) is 11.8. The van der Waals surface area contributed by atoms with Gasteiger partial charge in [-0.2, -0.15) is 8.78 Å². The zero-order valence-electron chi connectivity index (χ0n) is 17.0. The third-order valence-corrected chi connectivity index (χ3v) is 5.65. The third-order valence-electron chi connectivity index (χ3n) is 5.33. The van der Waals surface area contributed by atoms with Crippen molar-refractivity contribution in [3.63, 3.8) is 0 Å². The van der Waals surface area contributed by atoms with E-state index in [-0.39, 0.29) is 36.5 Å². The molecular formula is C22H22ClF3N2O3. The molecule has 0 radical (unpaired) electrons. The Hall–Kier alpha value is -2.58. The Morgan fingerprint density at radius 1 is 1.13 bits per heavy atom. The van der Waals surface area contributed by atoms with Gasteiger partial charge in [0.25, 0.3) is 11.8 Å². The molecule has 166 valence electrons. The highest BCUT2D eigenvalue weighted by Gasteiger charge is 2.46. The van der Waals surface area contributed by atoms with Crippen LogP contribution >= 0.6 is 11.6 Å². The number of nitrogens with zero attached hydrogens (tertiary/aromatic N) is 1. The smallest absolute Gasteiger partial charge is 0.351 e. The maximum absolute atomic E-state index is 15.1. The molecule has 3 rings (SSSR count). The van der Waals surface area contributed by atoms with E-state index in [1.54, 1.807) is 0 Å². The van der Waals surface area contributed by atoms with E-state index in [4.69, 9.17) is 11.6 Å². The Balaban J connectivity index is 1.89. The predicted octanol–water partition coefficient (Wildman–Crippen LogP) is 4.42. The second-order valence-corrected chi connectivity index (χ2v) is 8.07. The summed E-state index contributed by atoms with van der Waals surface area (Å²) < 4.78 is 43.6. The maximum Gasteiger partial charge on any atom is 0.351 e. The van der Waals surface area contributed by atoms with Gasteiger partial charge in [0.05, 0.1) is 16.7 Å². The lowest BCUT2D eigenvalue weighted by atomic mass is 9.98. The molecule has 1 saturated heterocycles. The minimum absolute atomic E-state index is 0.0102. The lowest BCUT2D eigenvalue weighted by molar-refractivity contribution is -0.161. The number of aliphatic hydroxyl groups excluding tert-OH is 1. The number of halogens is 4. The highest BCUT2D eigenvalue weighted by molar-refractivity contribution is 6.32. The second-order valence-electron chi connectivity index (χ2n) is 7.66. The zero-order chi connectivity index (χ0) is 22.9. The summed E-state index contributed by atoms with van der Waals surface area (Å²) in [5.41, 5.74) is 0.110. The molecule has 31 heavy (non-hydrogen) atoms. The summed E-state index contributed by atoms with van der Waals surface area (Å²) in [6, 6.07) is 6.09. The van der Waals surface area contributed by atoms with Crippen molar-refractivity contribution in [2.24, 2.45) is 0 Å². The van der Waals surface area contributed by atoms with E-state index in [1.165, 1.54) is 38.1 Å². The highest BCUT2D eigenvalue weighted by Crippen LogP contribution is 2.37. The van der Waals surface area contributed by atoms with Gasteiger partial charge in [0.1, 0.15) is 5.82 Å². The van der Waals surface area contributed by atoms with Crippen LogP contribution in [0.4, 0.5) is 18.9 Å². The molecule has 0 saturated carbocycles. The van der Waals surface area contributed by atoms with Crippen molar-refractivity contribution in [1.82, 2.24) is 4.90 Å². The number of alkyl halides is 2. The molecule has 0 unspecified atom stereocenters. The fraction of sp³-hybridized carbons (Fsp3) is 0.364. The Kier molecular flexibility index (Phi) is 6.62. The van der Waals surface area contributed by atoms with Crippen LogP contribution in [0.1, 0.15) is 39.9 Å². The van der Waals surface area contributed by atoms with Crippen molar-refractivity contribution in [2.45, 2.75) is 38.7 Å². The number of nitrogens with one attached hydrogen (secondary N) is 1. The van der Waals surface area contributed by atoms with E-state index >= 15 is 8.78 Å². The molecular weight excluding hydrogens is 433 g/mol. The third kappa shape index (κ3) is 4.85. The molecule has 1 heterocycles. The number of hydrogen-bond acceptors (Lipinski definition) is 3. The number of anilines is 1. The number of benzene rings is 2.